The maximum atomic E-state index is 10.4. The van der Waals surface area contributed by atoms with Gasteiger partial charge in [-0.3, -0.25) is 0 Å². The molecule has 0 aromatic heterocycles. The molecule has 1 unspecified atom stereocenters. The highest BCUT2D eigenvalue weighted by Gasteiger charge is 2.20. The van der Waals surface area contributed by atoms with Gasteiger partial charge < -0.3 is 15.2 Å². The summed E-state index contributed by atoms with van der Waals surface area (Å²) in [7, 11) is 1.66. The topological polar surface area (TPSA) is 41.5 Å². The Morgan fingerprint density at radius 1 is 1.39 bits per heavy atom. The van der Waals surface area contributed by atoms with Crippen LogP contribution in [-0.2, 0) is 6.42 Å². The van der Waals surface area contributed by atoms with E-state index < -0.39 is 5.60 Å². The second-order valence-electron chi connectivity index (χ2n) is 5.38. The Morgan fingerprint density at radius 2 is 2.11 bits per heavy atom. The minimum atomic E-state index is -0.686. The minimum Gasteiger partial charge on any atom is -0.497 e. The van der Waals surface area contributed by atoms with Crippen LogP contribution in [0.15, 0.2) is 24.3 Å². The number of rotatable bonds is 7. The van der Waals surface area contributed by atoms with Gasteiger partial charge in [-0.15, -0.1) is 0 Å². The molecule has 1 aromatic rings. The summed E-state index contributed by atoms with van der Waals surface area (Å²) >= 11 is 0. The molecule has 3 heteroatoms. The molecule has 0 fully saturated rings. The SMILES string of the molecule is COc1cccc(CC(C)(O)CCNC(C)C)c1. The van der Waals surface area contributed by atoms with Crippen molar-refractivity contribution < 1.29 is 9.84 Å². The number of benzene rings is 1. The van der Waals surface area contributed by atoms with Crippen molar-refractivity contribution in [2.75, 3.05) is 13.7 Å². The molecule has 0 saturated heterocycles. The van der Waals surface area contributed by atoms with Gasteiger partial charge in [-0.1, -0.05) is 26.0 Å². The first-order valence-corrected chi connectivity index (χ1v) is 6.51. The second-order valence-corrected chi connectivity index (χ2v) is 5.38. The van der Waals surface area contributed by atoms with Crippen LogP contribution in [0.3, 0.4) is 0 Å². The first-order valence-electron chi connectivity index (χ1n) is 6.51. The van der Waals surface area contributed by atoms with Gasteiger partial charge in [0.1, 0.15) is 5.75 Å². The highest BCUT2D eigenvalue weighted by atomic mass is 16.5. The van der Waals surface area contributed by atoms with Crippen molar-refractivity contribution in [3.63, 3.8) is 0 Å². The molecule has 0 bridgehead atoms. The molecular formula is C15H25NO2. The van der Waals surface area contributed by atoms with Gasteiger partial charge in [0.2, 0.25) is 0 Å². The largest absolute Gasteiger partial charge is 0.497 e. The van der Waals surface area contributed by atoms with E-state index in [1.807, 2.05) is 31.2 Å². The van der Waals surface area contributed by atoms with E-state index >= 15 is 0 Å². The van der Waals surface area contributed by atoms with Crippen molar-refractivity contribution in [3.8, 4) is 5.75 Å². The Morgan fingerprint density at radius 3 is 2.72 bits per heavy atom. The van der Waals surface area contributed by atoms with Gasteiger partial charge in [-0.25, -0.2) is 0 Å². The van der Waals surface area contributed by atoms with Crippen LogP contribution in [0.5, 0.6) is 5.75 Å². The predicted octanol–water partition coefficient (Wildman–Crippen LogP) is 2.38. The summed E-state index contributed by atoms with van der Waals surface area (Å²) in [4.78, 5) is 0. The number of ether oxygens (including phenoxy) is 1. The van der Waals surface area contributed by atoms with Crippen molar-refractivity contribution in [3.05, 3.63) is 29.8 Å². The fraction of sp³-hybridized carbons (Fsp3) is 0.600. The molecule has 0 aliphatic carbocycles. The zero-order valence-corrected chi connectivity index (χ0v) is 11.9. The van der Waals surface area contributed by atoms with Crippen molar-refractivity contribution in [2.45, 2.75) is 45.3 Å². The zero-order chi connectivity index (χ0) is 13.6. The third kappa shape index (κ3) is 5.52. The lowest BCUT2D eigenvalue weighted by Gasteiger charge is -2.24. The van der Waals surface area contributed by atoms with E-state index in [2.05, 4.69) is 19.2 Å². The summed E-state index contributed by atoms with van der Waals surface area (Å²) in [6.45, 7) is 6.93. The van der Waals surface area contributed by atoms with E-state index in [0.29, 0.717) is 12.5 Å². The molecule has 18 heavy (non-hydrogen) atoms. The van der Waals surface area contributed by atoms with Crippen molar-refractivity contribution >= 4 is 0 Å². The molecule has 0 aliphatic rings. The quantitative estimate of drug-likeness (QED) is 0.782. The van der Waals surface area contributed by atoms with Crippen LogP contribution < -0.4 is 10.1 Å². The normalized spacial score (nSPS) is 14.6. The number of hydrogen-bond acceptors (Lipinski definition) is 3. The van der Waals surface area contributed by atoms with Gasteiger partial charge in [0.05, 0.1) is 12.7 Å². The lowest BCUT2D eigenvalue weighted by atomic mass is 9.93. The Labute approximate surface area is 110 Å². The van der Waals surface area contributed by atoms with Crippen molar-refractivity contribution in [2.24, 2.45) is 0 Å². The molecular weight excluding hydrogens is 226 g/mol. The van der Waals surface area contributed by atoms with Crippen LogP contribution in [0.1, 0.15) is 32.8 Å². The van der Waals surface area contributed by atoms with E-state index in [1.54, 1.807) is 7.11 Å². The lowest BCUT2D eigenvalue weighted by Crippen LogP contribution is -2.34. The fourth-order valence-electron chi connectivity index (χ4n) is 1.94. The number of methoxy groups -OCH3 is 1. The van der Waals surface area contributed by atoms with Gasteiger partial charge in [0.25, 0.3) is 0 Å². The van der Waals surface area contributed by atoms with Gasteiger partial charge >= 0.3 is 0 Å². The lowest BCUT2D eigenvalue weighted by molar-refractivity contribution is 0.0510. The van der Waals surface area contributed by atoms with Crippen LogP contribution in [-0.4, -0.2) is 30.4 Å². The number of nitrogens with one attached hydrogen (secondary N) is 1. The van der Waals surface area contributed by atoms with Crippen LogP contribution in [0, 0.1) is 0 Å². The van der Waals surface area contributed by atoms with E-state index in [-0.39, 0.29) is 0 Å². The fourth-order valence-corrected chi connectivity index (χ4v) is 1.94. The van der Waals surface area contributed by atoms with Crippen LogP contribution in [0.25, 0.3) is 0 Å². The highest BCUT2D eigenvalue weighted by Crippen LogP contribution is 2.20. The molecule has 0 heterocycles. The standard InChI is InChI=1S/C15H25NO2/c1-12(2)16-9-8-15(3,17)11-13-6-5-7-14(10-13)18-4/h5-7,10,12,16-17H,8-9,11H2,1-4H3. The molecule has 0 saturated carbocycles. The molecule has 0 radical (unpaired) electrons. The monoisotopic (exact) mass is 251 g/mol. The van der Waals surface area contributed by atoms with E-state index in [0.717, 1.165) is 24.3 Å². The molecule has 1 atom stereocenters. The first-order chi connectivity index (χ1) is 8.43. The Balaban J connectivity index is 2.52. The number of aliphatic hydroxyl groups is 1. The van der Waals surface area contributed by atoms with Crippen LogP contribution in [0.4, 0.5) is 0 Å². The van der Waals surface area contributed by atoms with E-state index in [1.165, 1.54) is 0 Å². The maximum Gasteiger partial charge on any atom is 0.119 e. The smallest absolute Gasteiger partial charge is 0.119 e. The van der Waals surface area contributed by atoms with Gasteiger partial charge in [-0.2, -0.15) is 0 Å². The Bertz CT molecular complexity index is 361. The molecule has 3 nitrogen and oxygen atoms in total. The van der Waals surface area contributed by atoms with Gasteiger partial charge in [0, 0.05) is 12.5 Å². The Kier molecular flexibility index (Phi) is 5.63. The van der Waals surface area contributed by atoms with E-state index in [4.69, 9.17) is 4.74 Å². The van der Waals surface area contributed by atoms with Crippen LogP contribution in [0.2, 0.25) is 0 Å². The molecule has 2 N–H and O–H groups in total. The highest BCUT2D eigenvalue weighted by molar-refractivity contribution is 5.29. The third-order valence-electron chi connectivity index (χ3n) is 2.94. The van der Waals surface area contributed by atoms with E-state index in [9.17, 15) is 5.11 Å². The van der Waals surface area contributed by atoms with Crippen molar-refractivity contribution in [1.29, 1.82) is 0 Å². The van der Waals surface area contributed by atoms with Crippen LogP contribution >= 0.6 is 0 Å². The first kappa shape index (κ1) is 15.0. The molecule has 1 aromatic carbocycles. The molecule has 102 valence electrons. The molecule has 0 aliphatic heterocycles. The summed E-state index contributed by atoms with van der Waals surface area (Å²) in [6, 6.07) is 8.32. The number of hydrogen-bond donors (Lipinski definition) is 2. The molecule has 0 spiro atoms. The van der Waals surface area contributed by atoms with Gasteiger partial charge in [0.15, 0.2) is 0 Å². The predicted molar refractivity (Wildman–Crippen MR) is 75.1 cm³/mol. The summed E-state index contributed by atoms with van der Waals surface area (Å²) in [5, 5.41) is 13.7. The summed E-state index contributed by atoms with van der Waals surface area (Å²) in [6.07, 6.45) is 1.38. The molecule has 1 rings (SSSR count). The summed E-state index contributed by atoms with van der Waals surface area (Å²) in [5.74, 6) is 0.837. The second kappa shape index (κ2) is 6.76. The summed E-state index contributed by atoms with van der Waals surface area (Å²) in [5.41, 5.74) is 0.415. The van der Waals surface area contributed by atoms with Gasteiger partial charge in [-0.05, 0) is 37.6 Å². The van der Waals surface area contributed by atoms with Crippen molar-refractivity contribution in [1.82, 2.24) is 5.32 Å². The zero-order valence-electron chi connectivity index (χ0n) is 11.9. The third-order valence-corrected chi connectivity index (χ3v) is 2.94. The maximum absolute atomic E-state index is 10.4. The Hall–Kier alpha value is -1.06. The minimum absolute atomic E-state index is 0.456. The average Bonchev–Trinajstić information content (AvgIpc) is 2.27. The molecule has 0 amide bonds. The summed E-state index contributed by atoms with van der Waals surface area (Å²) < 4.78 is 5.19. The average molecular weight is 251 g/mol.